The van der Waals surface area contributed by atoms with Gasteiger partial charge in [0.2, 0.25) is 0 Å². The molecule has 3 rings (SSSR count). The molecular formula is C17H16N2O2. The fourth-order valence-electron chi connectivity index (χ4n) is 2.38. The van der Waals surface area contributed by atoms with Crippen molar-refractivity contribution in [1.29, 1.82) is 0 Å². The maximum Gasteiger partial charge on any atom is 0.291 e. The van der Waals surface area contributed by atoms with Gasteiger partial charge in [0.05, 0.1) is 0 Å². The monoisotopic (exact) mass is 280 g/mol. The highest BCUT2D eigenvalue weighted by atomic mass is 16.3. The molecule has 0 spiro atoms. The summed E-state index contributed by atoms with van der Waals surface area (Å²) in [7, 11) is 0. The zero-order chi connectivity index (χ0) is 15.0. The summed E-state index contributed by atoms with van der Waals surface area (Å²) in [6, 6.07) is 11.3. The quantitative estimate of drug-likeness (QED) is 0.771. The van der Waals surface area contributed by atoms with E-state index in [1.807, 2.05) is 45.0 Å². The number of amides is 1. The van der Waals surface area contributed by atoms with Crippen LogP contribution in [0, 0.1) is 20.8 Å². The van der Waals surface area contributed by atoms with Crippen molar-refractivity contribution in [1.82, 2.24) is 4.98 Å². The number of fused-ring (bicyclic) bond motifs is 1. The number of anilines is 1. The minimum absolute atomic E-state index is 0.266. The van der Waals surface area contributed by atoms with Crippen molar-refractivity contribution in [2.45, 2.75) is 20.8 Å². The first-order valence-corrected chi connectivity index (χ1v) is 6.78. The van der Waals surface area contributed by atoms with Crippen LogP contribution < -0.4 is 5.32 Å². The number of pyridine rings is 1. The fourth-order valence-corrected chi connectivity index (χ4v) is 2.38. The number of hydrogen-bond donors (Lipinski definition) is 1. The molecule has 0 bridgehead atoms. The summed E-state index contributed by atoms with van der Waals surface area (Å²) in [6.45, 7) is 5.90. The lowest BCUT2D eigenvalue weighted by molar-refractivity contribution is 0.0998. The Balaban J connectivity index is 1.89. The van der Waals surface area contributed by atoms with Crippen LogP contribution in [0.3, 0.4) is 0 Å². The maximum absolute atomic E-state index is 12.3. The highest BCUT2D eigenvalue weighted by Gasteiger charge is 2.13. The fraction of sp³-hybridized carbons (Fsp3) is 0.176. The third kappa shape index (κ3) is 2.79. The molecule has 4 heteroatoms. The van der Waals surface area contributed by atoms with Crippen molar-refractivity contribution in [3.63, 3.8) is 0 Å². The van der Waals surface area contributed by atoms with Crippen LogP contribution in [0.5, 0.6) is 0 Å². The van der Waals surface area contributed by atoms with Gasteiger partial charge in [0.25, 0.3) is 5.91 Å². The van der Waals surface area contributed by atoms with Crippen LogP contribution in [0.4, 0.5) is 5.69 Å². The van der Waals surface area contributed by atoms with Gasteiger partial charge in [-0.15, -0.1) is 0 Å². The topological polar surface area (TPSA) is 55.1 Å². The molecule has 4 nitrogen and oxygen atoms in total. The van der Waals surface area contributed by atoms with Crippen LogP contribution in [-0.4, -0.2) is 10.9 Å². The van der Waals surface area contributed by atoms with Gasteiger partial charge in [-0.3, -0.25) is 4.79 Å². The van der Waals surface area contributed by atoms with Crippen molar-refractivity contribution in [3.8, 4) is 0 Å². The van der Waals surface area contributed by atoms with Gasteiger partial charge >= 0.3 is 0 Å². The normalized spacial score (nSPS) is 10.8. The molecule has 1 amide bonds. The van der Waals surface area contributed by atoms with E-state index in [9.17, 15) is 4.79 Å². The molecule has 0 unspecified atom stereocenters. The predicted molar refractivity (Wildman–Crippen MR) is 82.6 cm³/mol. The van der Waals surface area contributed by atoms with Crippen molar-refractivity contribution in [3.05, 3.63) is 59.0 Å². The van der Waals surface area contributed by atoms with Gasteiger partial charge in [-0.05, 0) is 56.2 Å². The molecular weight excluding hydrogens is 264 g/mol. The second kappa shape index (κ2) is 5.05. The lowest BCUT2D eigenvalue weighted by atomic mass is 10.1. The van der Waals surface area contributed by atoms with Crippen LogP contribution in [0.1, 0.15) is 27.4 Å². The summed E-state index contributed by atoms with van der Waals surface area (Å²) < 4.78 is 5.54. The van der Waals surface area contributed by atoms with Gasteiger partial charge < -0.3 is 9.73 Å². The van der Waals surface area contributed by atoms with Crippen molar-refractivity contribution >= 4 is 22.7 Å². The molecule has 1 N–H and O–H groups in total. The molecule has 106 valence electrons. The van der Waals surface area contributed by atoms with E-state index in [0.717, 1.165) is 22.5 Å². The number of rotatable bonds is 2. The number of carbonyl (C=O) groups excluding carboxylic acids is 1. The smallest absolute Gasteiger partial charge is 0.291 e. The Hall–Kier alpha value is -2.62. The Bertz CT molecular complexity index is 814. The first-order chi connectivity index (χ1) is 10.0. The highest BCUT2D eigenvalue weighted by molar-refractivity contribution is 6.04. The minimum Gasteiger partial charge on any atom is -0.449 e. The van der Waals surface area contributed by atoms with Gasteiger partial charge in [-0.2, -0.15) is 0 Å². The Morgan fingerprint density at radius 2 is 1.76 bits per heavy atom. The molecule has 2 heterocycles. The third-order valence-corrected chi connectivity index (χ3v) is 3.22. The SMILES string of the molecule is Cc1cc(C)cc(NC(=O)c2cc3nc(C)ccc3o2)c1. The highest BCUT2D eigenvalue weighted by Crippen LogP contribution is 2.20. The van der Waals surface area contributed by atoms with Gasteiger partial charge in [0.1, 0.15) is 5.52 Å². The number of hydrogen-bond acceptors (Lipinski definition) is 3. The van der Waals surface area contributed by atoms with Crippen molar-refractivity contribution < 1.29 is 9.21 Å². The number of nitrogens with one attached hydrogen (secondary N) is 1. The lowest BCUT2D eigenvalue weighted by Crippen LogP contribution is -2.11. The van der Waals surface area contributed by atoms with Crippen LogP contribution >= 0.6 is 0 Å². The molecule has 0 aliphatic heterocycles. The summed E-state index contributed by atoms with van der Waals surface area (Å²) in [5.41, 5.74) is 5.18. The summed E-state index contributed by atoms with van der Waals surface area (Å²) in [5, 5.41) is 2.85. The van der Waals surface area contributed by atoms with Crippen LogP contribution in [0.25, 0.3) is 11.1 Å². The summed E-state index contributed by atoms with van der Waals surface area (Å²) in [6.07, 6.45) is 0. The average molecular weight is 280 g/mol. The predicted octanol–water partition coefficient (Wildman–Crippen LogP) is 4.01. The first-order valence-electron chi connectivity index (χ1n) is 6.78. The number of nitrogens with zero attached hydrogens (tertiary/aromatic N) is 1. The number of benzene rings is 1. The molecule has 0 atom stereocenters. The van der Waals surface area contributed by atoms with Gasteiger partial charge in [-0.1, -0.05) is 6.07 Å². The Morgan fingerprint density at radius 1 is 1.05 bits per heavy atom. The third-order valence-electron chi connectivity index (χ3n) is 3.22. The first kappa shape index (κ1) is 13.4. The molecule has 1 aromatic carbocycles. The van der Waals surface area contributed by atoms with E-state index in [-0.39, 0.29) is 11.7 Å². The summed E-state index contributed by atoms with van der Waals surface area (Å²) in [5.74, 6) is -0.00193. The molecule has 0 aliphatic rings. The second-order valence-corrected chi connectivity index (χ2v) is 5.28. The van der Waals surface area contributed by atoms with E-state index in [1.54, 1.807) is 6.07 Å². The van der Waals surface area contributed by atoms with Crippen LogP contribution in [-0.2, 0) is 0 Å². The molecule has 0 fully saturated rings. The van der Waals surface area contributed by atoms with Crippen LogP contribution in [0.15, 0.2) is 40.8 Å². The van der Waals surface area contributed by atoms with E-state index in [4.69, 9.17) is 4.42 Å². The summed E-state index contributed by atoms with van der Waals surface area (Å²) >= 11 is 0. The number of aryl methyl sites for hydroxylation is 3. The Kier molecular flexibility index (Phi) is 3.22. The zero-order valence-electron chi connectivity index (χ0n) is 12.2. The van der Waals surface area contributed by atoms with E-state index in [1.165, 1.54) is 0 Å². The molecule has 0 saturated heterocycles. The minimum atomic E-state index is -0.268. The van der Waals surface area contributed by atoms with E-state index < -0.39 is 0 Å². The summed E-state index contributed by atoms with van der Waals surface area (Å²) in [4.78, 5) is 16.6. The Labute approximate surface area is 122 Å². The molecule has 0 radical (unpaired) electrons. The Morgan fingerprint density at radius 3 is 2.48 bits per heavy atom. The van der Waals surface area contributed by atoms with Gasteiger partial charge in [-0.25, -0.2) is 4.98 Å². The second-order valence-electron chi connectivity index (χ2n) is 5.28. The van der Waals surface area contributed by atoms with E-state index >= 15 is 0 Å². The number of carbonyl (C=O) groups is 1. The average Bonchev–Trinajstić information content (AvgIpc) is 2.80. The maximum atomic E-state index is 12.3. The van der Waals surface area contributed by atoms with E-state index in [0.29, 0.717) is 11.1 Å². The van der Waals surface area contributed by atoms with Gasteiger partial charge in [0, 0.05) is 17.4 Å². The van der Waals surface area contributed by atoms with Crippen molar-refractivity contribution in [2.24, 2.45) is 0 Å². The molecule has 2 aromatic heterocycles. The number of aromatic nitrogens is 1. The molecule has 3 aromatic rings. The van der Waals surface area contributed by atoms with Crippen molar-refractivity contribution in [2.75, 3.05) is 5.32 Å². The molecule has 0 aliphatic carbocycles. The van der Waals surface area contributed by atoms with E-state index in [2.05, 4.69) is 16.4 Å². The number of furan rings is 1. The largest absolute Gasteiger partial charge is 0.449 e. The van der Waals surface area contributed by atoms with Crippen LogP contribution in [0.2, 0.25) is 0 Å². The molecule has 21 heavy (non-hydrogen) atoms. The molecule has 0 saturated carbocycles. The lowest BCUT2D eigenvalue weighted by Gasteiger charge is -2.05. The zero-order valence-corrected chi connectivity index (χ0v) is 12.2. The standard InChI is InChI=1S/C17H16N2O2/c1-10-6-11(2)8-13(7-10)19-17(20)16-9-14-15(21-16)5-4-12(3)18-14/h4-9H,1-3H3,(H,19,20). The van der Waals surface area contributed by atoms with Gasteiger partial charge in [0.15, 0.2) is 11.3 Å².